The summed E-state index contributed by atoms with van der Waals surface area (Å²) >= 11 is 0. The van der Waals surface area contributed by atoms with Gasteiger partial charge in [-0.2, -0.15) is 0 Å². The monoisotopic (exact) mass is 435 g/mol. The lowest BCUT2D eigenvalue weighted by Gasteiger charge is -2.40. The van der Waals surface area contributed by atoms with Crippen LogP contribution < -0.4 is 5.32 Å². The maximum absolute atomic E-state index is 13.4. The Morgan fingerprint density at radius 1 is 1.00 bits per heavy atom. The van der Waals surface area contributed by atoms with Gasteiger partial charge in [0.1, 0.15) is 11.5 Å². The molecule has 2 aliphatic heterocycles. The lowest BCUT2D eigenvalue weighted by atomic mass is 9.99. The van der Waals surface area contributed by atoms with Gasteiger partial charge in [0.25, 0.3) is 11.8 Å². The highest BCUT2D eigenvalue weighted by Gasteiger charge is 2.29. The second-order valence-electron chi connectivity index (χ2n) is 8.95. The van der Waals surface area contributed by atoms with E-state index in [1.165, 1.54) is 32.4 Å². The zero-order chi connectivity index (χ0) is 22.5. The van der Waals surface area contributed by atoms with E-state index in [0.29, 0.717) is 30.5 Å². The van der Waals surface area contributed by atoms with Crippen molar-refractivity contribution < 1.29 is 14.0 Å². The standard InChI is InChI=1S/C26H33N3O3/c1-19-8-9-21(17-20(19)2)25(30)27-24(18-23-7-6-16-32-23)26(31)29-14-10-22(11-15-29)28-12-4-3-5-13-28/h6-9,16-18,22H,3-5,10-15H2,1-2H3,(H,27,30). The van der Waals surface area contributed by atoms with E-state index in [9.17, 15) is 9.59 Å². The molecule has 0 atom stereocenters. The Morgan fingerprint density at radius 2 is 1.75 bits per heavy atom. The van der Waals surface area contributed by atoms with Gasteiger partial charge in [0, 0.05) is 30.8 Å². The quantitative estimate of drug-likeness (QED) is 0.717. The van der Waals surface area contributed by atoms with Gasteiger partial charge in [-0.05, 0) is 88.0 Å². The van der Waals surface area contributed by atoms with E-state index in [1.54, 1.807) is 30.5 Å². The van der Waals surface area contributed by atoms with Gasteiger partial charge in [-0.1, -0.05) is 12.5 Å². The van der Waals surface area contributed by atoms with Crippen LogP contribution in [-0.4, -0.2) is 53.8 Å². The predicted octanol–water partition coefficient (Wildman–Crippen LogP) is 4.14. The first-order valence-electron chi connectivity index (χ1n) is 11.7. The Morgan fingerprint density at radius 3 is 2.41 bits per heavy atom. The van der Waals surface area contributed by atoms with Crippen LogP contribution in [0, 0.1) is 13.8 Å². The number of benzene rings is 1. The molecule has 2 saturated heterocycles. The Hall–Kier alpha value is -2.86. The van der Waals surface area contributed by atoms with Crippen LogP contribution in [0.4, 0.5) is 0 Å². The highest BCUT2D eigenvalue weighted by Crippen LogP contribution is 2.22. The molecule has 2 fully saturated rings. The number of piperidine rings is 2. The highest BCUT2D eigenvalue weighted by atomic mass is 16.3. The fourth-order valence-electron chi connectivity index (χ4n) is 4.63. The van der Waals surface area contributed by atoms with Crippen LogP contribution in [0.5, 0.6) is 0 Å². The number of likely N-dealkylation sites (tertiary alicyclic amines) is 2. The van der Waals surface area contributed by atoms with Crippen LogP contribution >= 0.6 is 0 Å². The number of aryl methyl sites for hydroxylation is 2. The minimum atomic E-state index is -0.289. The number of hydrogen-bond acceptors (Lipinski definition) is 4. The SMILES string of the molecule is Cc1ccc(C(=O)NC(=Cc2ccco2)C(=O)N2CCC(N3CCCCC3)CC2)cc1C. The summed E-state index contributed by atoms with van der Waals surface area (Å²) in [6, 6.07) is 9.66. The van der Waals surface area contributed by atoms with Gasteiger partial charge in [-0.15, -0.1) is 0 Å². The Labute approximate surface area is 190 Å². The van der Waals surface area contributed by atoms with Crippen molar-refractivity contribution in [3.05, 3.63) is 64.7 Å². The maximum Gasteiger partial charge on any atom is 0.270 e. The molecule has 2 aromatic rings. The number of rotatable bonds is 5. The third kappa shape index (κ3) is 5.30. The number of hydrogen-bond donors (Lipinski definition) is 1. The number of carbonyl (C=O) groups excluding carboxylic acids is 2. The van der Waals surface area contributed by atoms with E-state index in [2.05, 4.69) is 10.2 Å². The molecule has 0 bridgehead atoms. The number of amides is 2. The number of carbonyl (C=O) groups is 2. The second kappa shape index (κ2) is 10.2. The summed E-state index contributed by atoms with van der Waals surface area (Å²) < 4.78 is 5.41. The van der Waals surface area contributed by atoms with Crippen LogP contribution in [-0.2, 0) is 4.79 Å². The van der Waals surface area contributed by atoms with Gasteiger partial charge in [-0.25, -0.2) is 0 Å². The molecule has 0 saturated carbocycles. The van der Waals surface area contributed by atoms with E-state index in [1.807, 2.05) is 30.9 Å². The molecule has 32 heavy (non-hydrogen) atoms. The van der Waals surface area contributed by atoms with Gasteiger partial charge in [0.05, 0.1) is 6.26 Å². The van der Waals surface area contributed by atoms with Crippen LogP contribution in [0.1, 0.15) is 59.3 Å². The molecular formula is C26H33N3O3. The highest BCUT2D eigenvalue weighted by molar-refractivity contribution is 6.05. The molecule has 6 nitrogen and oxygen atoms in total. The molecule has 0 aliphatic carbocycles. The zero-order valence-corrected chi connectivity index (χ0v) is 19.1. The largest absolute Gasteiger partial charge is 0.465 e. The second-order valence-corrected chi connectivity index (χ2v) is 8.95. The molecule has 170 valence electrons. The van der Waals surface area contributed by atoms with Crippen LogP contribution in [0.2, 0.25) is 0 Å². The molecule has 0 radical (unpaired) electrons. The first-order valence-corrected chi connectivity index (χ1v) is 11.7. The van der Waals surface area contributed by atoms with Crippen molar-refractivity contribution in [3.8, 4) is 0 Å². The molecule has 6 heteroatoms. The van der Waals surface area contributed by atoms with E-state index < -0.39 is 0 Å². The molecule has 0 unspecified atom stereocenters. The van der Waals surface area contributed by atoms with Crippen molar-refractivity contribution in [2.24, 2.45) is 0 Å². The minimum Gasteiger partial charge on any atom is -0.465 e. The van der Waals surface area contributed by atoms with Crippen molar-refractivity contribution in [1.82, 2.24) is 15.1 Å². The summed E-state index contributed by atoms with van der Waals surface area (Å²) in [6.07, 6.45) is 9.02. The molecule has 1 aromatic carbocycles. The summed E-state index contributed by atoms with van der Waals surface area (Å²) in [5, 5.41) is 2.85. The third-order valence-electron chi connectivity index (χ3n) is 6.74. The molecule has 0 spiro atoms. The molecular weight excluding hydrogens is 402 g/mol. The Kier molecular flexibility index (Phi) is 7.10. The first kappa shape index (κ1) is 22.3. The van der Waals surface area contributed by atoms with Gasteiger partial charge < -0.3 is 19.5 Å². The summed E-state index contributed by atoms with van der Waals surface area (Å²) in [6.45, 7) is 7.74. The van der Waals surface area contributed by atoms with Crippen molar-refractivity contribution >= 4 is 17.9 Å². The average Bonchev–Trinajstić information content (AvgIpc) is 3.34. The third-order valence-corrected chi connectivity index (χ3v) is 6.74. The number of furan rings is 1. The summed E-state index contributed by atoms with van der Waals surface area (Å²) in [5.41, 5.74) is 2.95. The number of nitrogens with one attached hydrogen (secondary N) is 1. The van der Waals surface area contributed by atoms with Crippen LogP contribution in [0.15, 0.2) is 46.7 Å². The van der Waals surface area contributed by atoms with Gasteiger partial charge in [-0.3, -0.25) is 9.59 Å². The van der Waals surface area contributed by atoms with Crippen molar-refractivity contribution in [1.29, 1.82) is 0 Å². The van der Waals surface area contributed by atoms with Crippen LogP contribution in [0.3, 0.4) is 0 Å². The molecule has 2 amide bonds. The average molecular weight is 436 g/mol. The smallest absolute Gasteiger partial charge is 0.270 e. The molecule has 1 N–H and O–H groups in total. The summed E-state index contributed by atoms with van der Waals surface area (Å²) in [5.74, 6) is 0.0927. The maximum atomic E-state index is 13.4. The Balaban J connectivity index is 1.46. The van der Waals surface area contributed by atoms with Gasteiger partial charge in [0.2, 0.25) is 0 Å². The van der Waals surface area contributed by atoms with Crippen molar-refractivity contribution in [2.45, 2.75) is 52.0 Å². The van der Waals surface area contributed by atoms with Crippen molar-refractivity contribution in [3.63, 3.8) is 0 Å². The van der Waals surface area contributed by atoms with E-state index >= 15 is 0 Å². The lowest BCUT2D eigenvalue weighted by molar-refractivity contribution is -0.129. The molecule has 2 aliphatic rings. The number of nitrogens with zero attached hydrogens (tertiary/aromatic N) is 2. The topological polar surface area (TPSA) is 65.8 Å². The lowest BCUT2D eigenvalue weighted by Crippen LogP contribution is -2.49. The normalized spacial score (nSPS) is 18.6. The predicted molar refractivity (Wildman–Crippen MR) is 125 cm³/mol. The fraction of sp³-hybridized carbons (Fsp3) is 0.462. The van der Waals surface area contributed by atoms with Gasteiger partial charge >= 0.3 is 0 Å². The molecule has 3 heterocycles. The van der Waals surface area contributed by atoms with E-state index in [0.717, 1.165) is 24.0 Å². The van der Waals surface area contributed by atoms with Crippen molar-refractivity contribution in [2.75, 3.05) is 26.2 Å². The Bertz CT molecular complexity index is 966. The van der Waals surface area contributed by atoms with E-state index in [4.69, 9.17) is 4.42 Å². The molecule has 4 rings (SSSR count). The first-order chi connectivity index (χ1) is 15.5. The van der Waals surface area contributed by atoms with Gasteiger partial charge in [0.15, 0.2) is 0 Å². The summed E-state index contributed by atoms with van der Waals surface area (Å²) in [4.78, 5) is 30.8. The summed E-state index contributed by atoms with van der Waals surface area (Å²) in [7, 11) is 0. The zero-order valence-electron chi connectivity index (χ0n) is 19.1. The van der Waals surface area contributed by atoms with E-state index in [-0.39, 0.29) is 17.5 Å². The fourth-order valence-corrected chi connectivity index (χ4v) is 4.63. The van der Waals surface area contributed by atoms with Crippen LogP contribution in [0.25, 0.3) is 6.08 Å². The molecule has 1 aromatic heterocycles. The minimum absolute atomic E-state index is 0.157.